The number of halogens is 1. The van der Waals surface area contributed by atoms with Crippen LogP contribution in [-0.2, 0) is 23.6 Å². The molecule has 0 saturated heterocycles. The molecule has 0 unspecified atom stereocenters. The monoisotopic (exact) mass is 345 g/mol. The fourth-order valence-corrected chi connectivity index (χ4v) is 3.67. The van der Waals surface area contributed by atoms with Gasteiger partial charge in [-0.15, -0.1) is 0 Å². The van der Waals surface area contributed by atoms with E-state index in [1.807, 2.05) is 13.8 Å². The molecule has 2 aromatic heterocycles. The fourth-order valence-electron chi connectivity index (χ4n) is 2.25. The molecule has 0 aliphatic heterocycles. The highest BCUT2D eigenvalue weighted by atomic mass is 35.5. The van der Waals surface area contributed by atoms with Crippen LogP contribution in [0.15, 0.2) is 11.1 Å². The van der Waals surface area contributed by atoms with Crippen molar-refractivity contribution in [2.24, 2.45) is 7.05 Å². The van der Waals surface area contributed by atoms with Gasteiger partial charge >= 0.3 is 0 Å². The lowest BCUT2D eigenvalue weighted by Crippen LogP contribution is -2.26. The standard InChI is InChI=1S/C13H20ClN5O2S/c1-9-12(8-18(4)16-9)22(20,21)15-6-5-7-19-11(3)13(14)10(2)17-19/h8,15H,5-7H2,1-4H3. The summed E-state index contributed by atoms with van der Waals surface area (Å²) in [7, 11) is -1.83. The van der Waals surface area contributed by atoms with Crippen LogP contribution in [0.3, 0.4) is 0 Å². The Balaban J connectivity index is 1.93. The largest absolute Gasteiger partial charge is 0.274 e. The molecule has 0 aliphatic carbocycles. The van der Waals surface area contributed by atoms with Gasteiger partial charge in [0.2, 0.25) is 10.0 Å². The van der Waals surface area contributed by atoms with E-state index in [1.165, 1.54) is 10.9 Å². The third-order valence-corrected chi connectivity index (χ3v) is 5.50. The molecule has 22 heavy (non-hydrogen) atoms. The average Bonchev–Trinajstić information content (AvgIpc) is 2.90. The van der Waals surface area contributed by atoms with Crippen molar-refractivity contribution in [3.63, 3.8) is 0 Å². The van der Waals surface area contributed by atoms with E-state index in [2.05, 4.69) is 14.9 Å². The van der Waals surface area contributed by atoms with Crippen molar-refractivity contribution in [2.45, 2.75) is 38.6 Å². The fraction of sp³-hybridized carbons (Fsp3) is 0.538. The predicted molar refractivity (Wildman–Crippen MR) is 84.5 cm³/mol. The summed E-state index contributed by atoms with van der Waals surface area (Å²) in [6.45, 7) is 6.35. The van der Waals surface area contributed by atoms with Crippen molar-refractivity contribution in [1.82, 2.24) is 24.3 Å². The zero-order chi connectivity index (χ0) is 16.5. The SMILES string of the molecule is Cc1nn(C)cc1S(=O)(=O)NCCCn1nc(C)c(Cl)c1C. The average molecular weight is 346 g/mol. The highest BCUT2D eigenvalue weighted by Gasteiger charge is 2.19. The number of hydrogen-bond donors (Lipinski definition) is 1. The smallest absolute Gasteiger partial charge is 0.243 e. The minimum absolute atomic E-state index is 0.212. The van der Waals surface area contributed by atoms with Crippen molar-refractivity contribution in [3.05, 3.63) is 28.3 Å². The lowest BCUT2D eigenvalue weighted by molar-refractivity contribution is 0.544. The second kappa shape index (κ2) is 6.39. The van der Waals surface area contributed by atoms with Gasteiger partial charge < -0.3 is 0 Å². The van der Waals surface area contributed by atoms with E-state index in [4.69, 9.17) is 11.6 Å². The Labute approximate surface area is 135 Å². The van der Waals surface area contributed by atoms with E-state index in [0.29, 0.717) is 30.2 Å². The molecule has 1 N–H and O–H groups in total. The zero-order valence-electron chi connectivity index (χ0n) is 13.1. The molecule has 0 amide bonds. The molecule has 2 aromatic rings. The van der Waals surface area contributed by atoms with Crippen molar-refractivity contribution >= 4 is 21.6 Å². The van der Waals surface area contributed by atoms with Crippen LogP contribution in [0.2, 0.25) is 5.02 Å². The molecule has 0 fully saturated rings. The molecule has 0 atom stereocenters. The van der Waals surface area contributed by atoms with E-state index < -0.39 is 10.0 Å². The first-order valence-electron chi connectivity index (χ1n) is 6.92. The van der Waals surface area contributed by atoms with Crippen LogP contribution in [0.4, 0.5) is 0 Å². The number of nitrogens with zero attached hydrogens (tertiary/aromatic N) is 4. The minimum Gasteiger partial charge on any atom is -0.274 e. The van der Waals surface area contributed by atoms with Gasteiger partial charge in [-0.3, -0.25) is 9.36 Å². The Morgan fingerprint density at radius 1 is 1.23 bits per heavy atom. The number of aromatic nitrogens is 4. The third-order valence-electron chi connectivity index (χ3n) is 3.39. The quantitative estimate of drug-likeness (QED) is 0.805. The van der Waals surface area contributed by atoms with Crippen molar-refractivity contribution in [3.8, 4) is 0 Å². The first-order chi connectivity index (χ1) is 10.2. The Kier molecular flexibility index (Phi) is 4.93. The highest BCUT2D eigenvalue weighted by molar-refractivity contribution is 7.89. The Morgan fingerprint density at radius 2 is 1.91 bits per heavy atom. The number of sulfonamides is 1. The molecule has 0 bridgehead atoms. The van der Waals surface area contributed by atoms with E-state index in [1.54, 1.807) is 18.7 Å². The lowest BCUT2D eigenvalue weighted by atomic mass is 10.4. The van der Waals surface area contributed by atoms with Crippen LogP contribution >= 0.6 is 11.6 Å². The van der Waals surface area contributed by atoms with Gasteiger partial charge in [0.25, 0.3) is 0 Å². The maximum Gasteiger partial charge on any atom is 0.243 e. The summed E-state index contributed by atoms with van der Waals surface area (Å²) in [5, 5.41) is 9.02. The molecule has 0 radical (unpaired) electrons. The molecule has 0 spiro atoms. The molecule has 7 nitrogen and oxygen atoms in total. The molecule has 0 saturated carbocycles. The Morgan fingerprint density at radius 3 is 2.41 bits per heavy atom. The Bertz CT molecular complexity index is 779. The van der Waals surface area contributed by atoms with Crippen molar-refractivity contribution in [2.75, 3.05) is 6.54 Å². The summed E-state index contributed by atoms with van der Waals surface area (Å²) in [4.78, 5) is 0.212. The zero-order valence-corrected chi connectivity index (χ0v) is 14.7. The number of hydrogen-bond acceptors (Lipinski definition) is 4. The van der Waals surface area contributed by atoms with Crippen molar-refractivity contribution in [1.29, 1.82) is 0 Å². The third kappa shape index (κ3) is 3.50. The molecule has 0 aromatic carbocycles. The molecule has 122 valence electrons. The van der Waals surface area contributed by atoms with Crippen LogP contribution in [0.5, 0.6) is 0 Å². The van der Waals surface area contributed by atoms with Gasteiger partial charge in [-0.05, 0) is 27.2 Å². The topological polar surface area (TPSA) is 81.8 Å². The number of rotatable bonds is 6. The highest BCUT2D eigenvalue weighted by Crippen LogP contribution is 2.19. The van der Waals surface area contributed by atoms with Crippen LogP contribution in [0, 0.1) is 20.8 Å². The number of nitrogens with one attached hydrogen (secondary N) is 1. The molecular formula is C13H20ClN5O2S. The van der Waals surface area contributed by atoms with Gasteiger partial charge in [0.1, 0.15) is 4.90 Å². The maximum absolute atomic E-state index is 12.2. The van der Waals surface area contributed by atoms with E-state index in [0.717, 1.165) is 11.4 Å². The van der Waals surface area contributed by atoms with Gasteiger partial charge in [0, 0.05) is 26.3 Å². The predicted octanol–water partition coefficient (Wildman–Crippen LogP) is 1.56. The molecule has 0 aliphatic rings. The van der Waals surface area contributed by atoms with Crippen LogP contribution < -0.4 is 4.72 Å². The Hall–Kier alpha value is -1.38. The second-order valence-corrected chi connectivity index (χ2v) is 7.33. The van der Waals surface area contributed by atoms with Gasteiger partial charge in [0.15, 0.2) is 0 Å². The first-order valence-corrected chi connectivity index (χ1v) is 8.78. The van der Waals surface area contributed by atoms with E-state index >= 15 is 0 Å². The first kappa shape index (κ1) is 17.0. The minimum atomic E-state index is -3.53. The summed E-state index contributed by atoms with van der Waals surface area (Å²) < 4.78 is 30.3. The van der Waals surface area contributed by atoms with E-state index in [9.17, 15) is 8.42 Å². The molecule has 2 heterocycles. The van der Waals surface area contributed by atoms with Crippen LogP contribution in [-0.4, -0.2) is 34.5 Å². The number of aryl methyl sites for hydroxylation is 4. The summed E-state index contributed by atoms with van der Waals surface area (Å²) in [6, 6.07) is 0. The van der Waals surface area contributed by atoms with Gasteiger partial charge in [-0.1, -0.05) is 11.6 Å². The normalized spacial score (nSPS) is 12.0. The molecule has 9 heteroatoms. The summed E-state index contributed by atoms with van der Waals surface area (Å²) in [5.74, 6) is 0. The van der Waals surface area contributed by atoms with Gasteiger partial charge in [0.05, 0.1) is 22.1 Å². The molecular weight excluding hydrogens is 326 g/mol. The van der Waals surface area contributed by atoms with Gasteiger partial charge in [-0.2, -0.15) is 10.2 Å². The second-order valence-electron chi connectivity index (χ2n) is 5.21. The maximum atomic E-state index is 12.2. The lowest BCUT2D eigenvalue weighted by Gasteiger charge is -2.07. The van der Waals surface area contributed by atoms with Crippen LogP contribution in [0.1, 0.15) is 23.5 Å². The van der Waals surface area contributed by atoms with Crippen LogP contribution in [0.25, 0.3) is 0 Å². The van der Waals surface area contributed by atoms with Crippen molar-refractivity contribution < 1.29 is 8.42 Å². The van der Waals surface area contributed by atoms with E-state index in [-0.39, 0.29) is 4.90 Å². The van der Waals surface area contributed by atoms with Gasteiger partial charge in [-0.25, -0.2) is 13.1 Å². The summed E-state index contributed by atoms with van der Waals surface area (Å²) in [6.07, 6.45) is 2.12. The summed E-state index contributed by atoms with van der Waals surface area (Å²) >= 11 is 6.08. The molecule has 2 rings (SSSR count). The summed E-state index contributed by atoms with van der Waals surface area (Å²) in [5.41, 5.74) is 2.16.